The Morgan fingerprint density at radius 2 is 1.91 bits per heavy atom. The van der Waals surface area contributed by atoms with E-state index in [4.69, 9.17) is 27.0 Å². The number of guanidine groups is 2. The number of rotatable bonds is 6. The van der Waals surface area contributed by atoms with Gasteiger partial charge in [-0.1, -0.05) is 13.8 Å². The number of nitrogens with zero attached hydrogens (tertiary/aromatic N) is 1. The molecule has 4 saturated carbocycles. The summed E-state index contributed by atoms with van der Waals surface area (Å²) in [5.41, 5.74) is 12.9. The van der Waals surface area contributed by atoms with Gasteiger partial charge >= 0.3 is 0 Å². The van der Waals surface area contributed by atoms with Crippen molar-refractivity contribution in [2.45, 2.75) is 89.8 Å². The molecule has 0 amide bonds. The number of nitrogens with two attached hydrogens (primary N) is 2. The lowest BCUT2D eigenvalue weighted by molar-refractivity contribution is -0.207. The van der Waals surface area contributed by atoms with Gasteiger partial charge in [-0.15, -0.1) is 0 Å². The molecule has 0 aromatic heterocycles. The highest BCUT2D eigenvalue weighted by molar-refractivity contribution is 5.94. The molecule has 9 N–H and O–H groups in total. The van der Waals surface area contributed by atoms with E-state index in [1.54, 1.807) is 0 Å². The SMILES string of the molecule is C[C@]12CC[C@H](OCCCN)C[C@H]1CC[C@@H]1[C@@H]2CC[C@]2(C)[C@@H](/C=N/NC(=N)NC(=N)N)CC[C@]12O. The number of nitrogens with one attached hydrogen (secondary N) is 4. The smallest absolute Gasteiger partial charge is 0.216 e. The van der Waals surface area contributed by atoms with Gasteiger partial charge in [0.2, 0.25) is 5.96 Å². The lowest BCUT2D eigenvalue weighted by atomic mass is 9.43. The quantitative estimate of drug-likeness (QED) is 0.135. The maximum atomic E-state index is 12.2. The third-order valence-corrected chi connectivity index (χ3v) is 10.3. The largest absolute Gasteiger partial charge is 0.389 e. The zero-order valence-corrected chi connectivity index (χ0v) is 20.9. The zero-order chi connectivity index (χ0) is 24.6. The van der Waals surface area contributed by atoms with Crippen LogP contribution in [0.1, 0.15) is 78.1 Å². The molecule has 9 nitrogen and oxygen atoms in total. The lowest BCUT2D eigenvalue weighted by Gasteiger charge is -2.63. The van der Waals surface area contributed by atoms with Gasteiger partial charge in [0.15, 0.2) is 5.96 Å². The maximum Gasteiger partial charge on any atom is 0.216 e. The van der Waals surface area contributed by atoms with E-state index < -0.39 is 5.60 Å². The van der Waals surface area contributed by atoms with Crippen LogP contribution < -0.4 is 22.2 Å². The van der Waals surface area contributed by atoms with Gasteiger partial charge < -0.3 is 21.3 Å². The summed E-state index contributed by atoms with van der Waals surface area (Å²) in [7, 11) is 0. The van der Waals surface area contributed by atoms with Gasteiger partial charge in [-0.05, 0) is 93.9 Å². The summed E-state index contributed by atoms with van der Waals surface area (Å²) in [6.07, 6.45) is 12.8. The Morgan fingerprint density at radius 3 is 2.65 bits per heavy atom. The molecular weight excluding hydrogens is 430 g/mol. The second-order valence-electron chi connectivity index (χ2n) is 11.7. The fourth-order valence-corrected chi connectivity index (χ4v) is 8.31. The fourth-order valence-electron chi connectivity index (χ4n) is 8.31. The number of hydrogen-bond donors (Lipinski definition) is 7. The van der Waals surface area contributed by atoms with Gasteiger partial charge in [0.1, 0.15) is 0 Å². The van der Waals surface area contributed by atoms with Crippen LogP contribution in [0.2, 0.25) is 0 Å². The summed E-state index contributed by atoms with van der Waals surface area (Å²) in [4.78, 5) is 0. The van der Waals surface area contributed by atoms with Gasteiger partial charge in [-0.25, -0.2) is 5.43 Å². The number of fused-ring (bicyclic) bond motifs is 5. The van der Waals surface area contributed by atoms with E-state index in [9.17, 15) is 5.11 Å². The second kappa shape index (κ2) is 9.74. The van der Waals surface area contributed by atoms with E-state index >= 15 is 0 Å². The standard InChI is InChI=1S/C25H45N7O2/c1-23-9-7-18(34-13-3-12-26)14-16(23)4-5-20-19(23)8-10-24(2)17(6-11-25(20,24)33)15-30-32-22(29)31-21(27)28/h15-20,33H,3-14,26H2,1-2H3,(H6,27,28,29,31,32)/b30-15+/t16-,17-,18+,19+,20-,23+,24-,25+/m1/s1. The molecule has 0 aromatic carbocycles. The molecule has 34 heavy (non-hydrogen) atoms. The summed E-state index contributed by atoms with van der Waals surface area (Å²) >= 11 is 0. The number of aliphatic hydroxyl groups is 1. The molecular formula is C25H45N7O2. The molecule has 0 spiro atoms. The minimum absolute atomic E-state index is 0.125. The third kappa shape index (κ3) is 4.35. The predicted octanol–water partition coefficient (Wildman–Crippen LogP) is 2.49. The van der Waals surface area contributed by atoms with E-state index in [0.29, 0.717) is 30.4 Å². The van der Waals surface area contributed by atoms with Crippen molar-refractivity contribution >= 4 is 18.1 Å². The van der Waals surface area contributed by atoms with Crippen LogP contribution in [0.4, 0.5) is 0 Å². The second-order valence-corrected chi connectivity index (χ2v) is 11.7. The molecule has 0 unspecified atom stereocenters. The summed E-state index contributed by atoms with van der Waals surface area (Å²) in [6.45, 7) is 6.22. The predicted molar refractivity (Wildman–Crippen MR) is 134 cm³/mol. The Labute approximate surface area is 203 Å². The van der Waals surface area contributed by atoms with Crippen molar-refractivity contribution in [3.8, 4) is 0 Å². The van der Waals surface area contributed by atoms with E-state index in [2.05, 4.69) is 29.7 Å². The Bertz CT molecular complexity index is 806. The van der Waals surface area contributed by atoms with E-state index in [-0.39, 0.29) is 28.7 Å². The first-order chi connectivity index (χ1) is 16.1. The zero-order valence-electron chi connectivity index (χ0n) is 20.9. The molecule has 0 heterocycles. The Hall–Kier alpha value is -1.71. The molecule has 0 bridgehead atoms. The Morgan fingerprint density at radius 1 is 1.12 bits per heavy atom. The van der Waals surface area contributed by atoms with Crippen molar-refractivity contribution in [3.05, 3.63) is 0 Å². The van der Waals surface area contributed by atoms with E-state index in [0.717, 1.165) is 58.0 Å². The molecule has 4 rings (SSSR count). The van der Waals surface area contributed by atoms with Gasteiger partial charge in [0.05, 0.1) is 11.7 Å². The minimum Gasteiger partial charge on any atom is -0.389 e. The van der Waals surface area contributed by atoms with Crippen LogP contribution in [0.5, 0.6) is 0 Å². The molecule has 0 aliphatic heterocycles. The molecule has 0 saturated heterocycles. The van der Waals surface area contributed by atoms with Crippen LogP contribution in [0.3, 0.4) is 0 Å². The van der Waals surface area contributed by atoms with Crippen LogP contribution in [0.25, 0.3) is 0 Å². The van der Waals surface area contributed by atoms with Crippen LogP contribution in [0, 0.1) is 45.3 Å². The molecule has 4 aliphatic rings. The molecule has 4 fully saturated rings. The fraction of sp³-hybridized carbons (Fsp3) is 0.880. The summed E-state index contributed by atoms with van der Waals surface area (Å²) in [5.74, 6) is 1.32. The van der Waals surface area contributed by atoms with Crippen LogP contribution in [0.15, 0.2) is 5.10 Å². The van der Waals surface area contributed by atoms with E-state index in [1.165, 1.54) is 12.8 Å². The first-order valence-electron chi connectivity index (χ1n) is 13.2. The molecule has 192 valence electrons. The highest BCUT2D eigenvalue weighted by Gasteiger charge is 2.66. The third-order valence-electron chi connectivity index (χ3n) is 10.3. The molecule has 9 heteroatoms. The van der Waals surface area contributed by atoms with Gasteiger partial charge in [-0.2, -0.15) is 5.10 Å². The van der Waals surface area contributed by atoms with Gasteiger partial charge in [0, 0.05) is 24.2 Å². The molecule has 8 atom stereocenters. The number of ether oxygens (including phenoxy) is 1. The first-order valence-corrected chi connectivity index (χ1v) is 13.2. The maximum absolute atomic E-state index is 12.2. The van der Waals surface area contributed by atoms with Crippen LogP contribution in [-0.2, 0) is 4.74 Å². The summed E-state index contributed by atoms with van der Waals surface area (Å²) < 4.78 is 6.16. The Kier molecular flexibility index (Phi) is 7.27. The normalized spacial score (nSPS) is 43.6. The monoisotopic (exact) mass is 475 g/mol. The minimum atomic E-state index is -0.666. The average Bonchev–Trinajstić information content (AvgIpc) is 3.04. The Balaban J connectivity index is 1.43. The summed E-state index contributed by atoms with van der Waals surface area (Å²) in [6, 6.07) is 0. The van der Waals surface area contributed by atoms with Crippen molar-refractivity contribution in [1.82, 2.24) is 10.7 Å². The molecule has 4 aliphatic carbocycles. The summed E-state index contributed by atoms with van der Waals surface area (Å²) in [5, 5.41) is 33.8. The van der Waals surface area contributed by atoms with Crippen LogP contribution >= 0.6 is 0 Å². The van der Waals surface area contributed by atoms with Crippen molar-refractivity contribution in [2.24, 2.45) is 51.1 Å². The number of hydrazone groups is 1. The topological polar surface area (TPSA) is 166 Å². The number of hydrogen-bond acceptors (Lipinski definition) is 6. The van der Waals surface area contributed by atoms with Crippen molar-refractivity contribution in [2.75, 3.05) is 13.2 Å². The van der Waals surface area contributed by atoms with Crippen molar-refractivity contribution < 1.29 is 9.84 Å². The average molecular weight is 476 g/mol. The highest BCUT2D eigenvalue weighted by Crippen LogP contribution is 2.68. The lowest BCUT2D eigenvalue weighted by Crippen LogP contribution is -2.62. The van der Waals surface area contributed by atoms with E-state index in [1.807, 2.05) is 6.21 Å². The van der Waals surface area contributed by atoms with Gasteiger partial charge in [-0.3, -0.25) is 16.1 Å². The molecule has 0 radical (unpaired) electrons. The van der Waals surface area contributed by atoms with Crippen molar-refractivity contribution in [3.63, 3.8) is 0 Å². The van der Waals surface area contributed by atoms with Crippen LogP contribution in [-0.4, -0.2) is 48.1 Å². The van der Waals surface area contributed by atoms with Crippen molar-refractivity contribution in [1.29, 1.82) is 10.8 Å². The van der Waals surface area contributed by atoms with Gasteiger partial charge in [0.25, 0.3) is 0 Å². The molecule has 0 aromatic rings. The first kappa shape index (κ1) is 25.4. The highest BCUT2D eigenvalue weighted by atomic mass is 16.5.